The topological polar surface area (TPSA) is 50.4 Å². The molecule has 2 N–H and O–H groups in total. The number of rotatable bonds is 8. The quantitative estimate of drug-likeness (QED) is 0.714. The highest BCUT2D eigenvalue weighted by Gasteiger charge is 2.02. The van der Waals surface area contributed by atoms with E-state index in [9.17, 15) is 4.79 Å². The molecule has 0 aliphatic heterocycles. The van der Waals surface area contributed by atoms with Crippen molar-refractivity contribution < 1.29 is 9.53 Å². The van der Waals surface area contributed by atoms with Gasteiger partial charge in [-0.05, 0) is 42.2 Å². The summed E-state index contributed by atoms with van der Waals surface area (Å²) < 4.78 is 5.71. The number of carbonyl (C=O) groups excluding carboxylic acids is 1. The summed E-state index contributed by atoms with van der Waals surface area (Å²) in [5, 5.41) is 6.33. The predicted molar refractivity (Wildman–Crippen MR) is 97.9 cm³/mol. The number of nitrogens with one attached hydrogen (secondary N) is 2. The summed E-state index contributed by atoms with van der Waals surface area (Å²) >= 11 is 5.84. The van der Waals surface area contributed by atoms with Crippen molar-refractivity contribution in [3.63, 3.8) is 0 Å². The van der Waals surface area contributed by atoms with Gasteiger partial charge in [-0.25, -0.2) is 4.79 Å². The summed E-state index contributed by atoms with van der Waals surface area (Å²) in [4.78, 5) is 11.7. The Bertz CT molecular complexity index is 644. The second kappa shape index (κ2) is 9.83. The Morgan fingerprint density at radius 1 is 1.04 bits per heavy atom. The van der Waals surface area contributed by atoms with Gasteiger partial charge in [-0.1, -0.05) is 48.9 Å². The Hall–Kier alpha value is -2.20. The summed E-state index contributed by atoms with van der Waals surface area (Å²) in [5.41, 5.74) is 2.31. The lowest BCUT2D eigenvalue weighted by Crippen LogP contribution is -2.38. The summed E-state index contributed by atoms with van der Waals surface area (Å²) in [6.07, 6.45) is 1.69. The molecule has 24 heavy (non-hydrogen) atoms. The van der Waals surface area contributed by atoms with Crippen LogP contribution in [-0.4, -0.2) is 25.7 Å². The molecule has 2 amide bonds. The van der Waals surface area contributed by atoms with Gasteiger partial charge in [0.05, 0.1) is 6.54 Å². The number of hydrogen-bond acceptors (Lipinski definition) is 2. The van der Waals surface area contributed by atoms with Crippen LogP contribution in [0.15, 0.2) is 48.5 Å². The fraction of sp³-hybridized carbons (Fsp3) is 0.316. The fourth-order valence-electron chi connectivity index (χ4n) is 2.30. The van der Waals surface area contributed by atoms with Crippen LogP contribution in [0, 0.1) is 0 Å². The number of aryl methyl sites for hydroxylation is 1. The number of halogens is 1. The van der Waals surface area contributed by atoms with E-state index >= 15 is 0 Å². The predicted octanol–water partition coefficient (Wildman–Crippen LogP) is 3.82. The molecule has 0 fully saturated rings. The van der Waals surface area contributed by atoms with Gasteiger partial charge in [0, 0.05) is 11.6 Å². The average molecular weight is 347 g/mol. The lowest BCUT2D eigenvalue weighted by Gasteiger charge is -2.11. The third kappa shape index (κ3) is 6.13. The van der Waals surface area contributed by atoms with Crippen molar-refractivity contribution in [3.8, 4) is 5.75 Å². The smallest absolute Gasteiger partial charge is 0.314 e. The van der Waals surface area contributed by atoms with E-state index in [1.54, 1.807) is 0 Å². The molecule has 0 aromatic heterocycles. The van der Waals surface area contributed by atoms with Gasteiger partial charge in [0.2, 0.25) is 0 Å². The molecule has 0 atom stereocenters. The molecule has 0 aliphatic rings. The number of benzene rings is 2. The molecule has 2 rings (SSSR count). The highest BCUT2D eigenvalue weighted by atomic mass is 35.5. The molecule has 0 heterocycles. The Labute approximate surface area is 148 Å². The van der Waals surface area contributed by atoms with E-state index in [1.165, 1.54) is 5.56 Å². The Morgan fingerprint density at radius 3 is 2.50 bits per heavy atom. The Morgan fingerprint density at radius 2 is 1.75 bits per heavy atom. The second-order valence-corrected chi connectivity index (χ2v) is 5.81. The van der Waals surface area contributed by atoms with E-state index in [4.69, 9.17) is 16.3 Å². The van der Waals surface area contributed by atoms with Crippen molar-refractivity contribution in [3.05, 3.63) is 64.7 Å². The van der Waals surface area contributed by atoms with Crippen LogP contribution in [0.3, 0.4) is 0 Å². The van der Waals surface area contributed by atoms with Gasteiger partial charge in [0.1, 0.15) is 12.4 Å². The molecular weight excluding hydrogens is 324 g/mol. The number of amides is 2. The van der Waals surface area contributed by atoms with Gasteiger partial charge in [-0.2, -0.15) is 0 Å². The summed E-state index contributed by atoms with van der Waals surface area (Å²) in [7, 11) is 0. The first-order valence-electron chi connectivity index (χ1n) is 8.16. The standard InChI is InChI=1S/C19H23ClN2O2/c1-2-16-5-3-4-6-18(16)24-14-13-22-19(23)21-12-11-15-7-9-17(20)10-8-15/h3-10H,2,11-14H2,1H3,(H2,21,22,23). The van der Waals surface area contributed by atoms with Gasteiger partial charge in [-0.3, -0.25) is 0 Å². The van der Waals surface area contributed by atoms with Crippen LogP contribution in [-0.2, 0) is 12.8 Å². The molecule has 128 valence electrons. The van der Waals surface area contributed by atoms with Crippen LogP contribution in [0.25, 0.3) is 0 Å². The van der Waals surface area contributed by atoms with Gasteiger partial charge in [0.25, 0.3) is 0 Å². The SMILES string of the molecule is CCc1ccccc1OCCNC(=O)NCCc1ccc(Cl)cc1. The highest BCUT2D eigenvalue weighted by molar-refractivity contribution is 6.30. The lowest BCUT2D eigenvalue weighted by molar-refractivity contribution is 0.236. The molecule has 0 aliphatic carbocycles. The molecule has 0 saturated heterocycles. The third-order valence-electron chi connectivity index (χ3n) is 3.61. The molecule has 4 nitrogen and oxygen atoms in total. The van der Waals surface area contributed by atoms with E-state index in [0.29, 0.717) is 24.7 Å². The first-order chi connectivity index (χ1) is 11.7. The number of carbonyl (C=O) groups is 1. The van der Waals surface area contributed by atoms with Crippen molar-refractivity contribution in [2.24, 2.45) is 0 Å². The average Bonchev–Trinajstić information content (AvgIpc) is 2.61. The maximum Gasteiger partial charge on any atom is 0.314 e. The van der Waals surface area contributed by atoms with Crippen LogP contribution in [0.1, 0.15) is 18.1 Å². The number of para-hydroxylation sites is 1. The van der Waals surface area contributed by atoms with Crippen molar-refractivity contribution in [2.75, 3.05) is 19.7 Å². The van der Waals surface area contributed by atoms with Crippen LogP contribution >= 0.6 is 11.6 Å². The van der Waals surface area contributed by atoms with Crippen LogP contribution in [0.5, 0.6) is 5.75 Å². The van der Waals surface area contributed by atoms with Crippen LogP contribution in [0.2, 0.25) is 5.02 Å². The zero-order valence-corrected chi connectivity index (χ0v) is 14.6. The zero-order valence-electron chi connectivity index (χ0n) is 13.8. The largest absolute Gasteiger partial charge is 0.491 e. The van der Waals surface area contributed by atoms with Crippen LogP contribution < -0.4 is 15.4 Å². The molecule has 0 saturated carbocycles. The van der Waals surface area contributed by atoms with Crippen molar-refractivity contribution >= 4 is 17.6 Å². The maximum atomic E-state index is 11.7. The fourth-order valence-corrected chi connectivity index (χ4v) is 2.42. The van der Waals surface area contributed by atoms with Crippen LogP contribution in [0.4, 0.5) is 4.79 Å². The normalized spacial score (nSPS) is 10.2. The van der Waals surface area contributed by atoms with Gasteiger partial charge < -0.3 is 15.4 Å². The summed E-state index contributed by atoms with van der Waals surface area (Å²) in [5.74, 6) is 0.880. The number of hydrogen-bond donors (Lipinski definition) is 2. The molecule has 0 spiro atoms. The molecule has 0 radical (unpaired) electrons. The van der Waals surface area contributed by atoms with E-state index in [2.05, 4.69) is 17.6 Å². The van der Waals surface area contributed by atoms with E-state index in [1.807, 2.05) is 48.5 Å². The Balaban J connectivity index is 1.60. The highest BCUT2D eigenvalue weighted by Crippen LogP contribution is 2.17. The lowest BCUT2D eigenvalue weighted by atomic mass is 10.1. The monoisotopic (exact) mass is 346 g/mol. The molecule has 2 aromatic carbocycles. The zero-order chi connectivity index (χ0) is 17.2. The molecule has 5 heteroatoms. The number of urea groups is 1. The van der Waals surface area contributed by atoms with Crippen molar-refractivity contribution in [1.82, 2.24) is 10.6 Å². The Kier molecular flexibility index (Phi) is 7.43. The minimum absolute atomic E-state index is 0.184. The third-order valence-corrected chi connectivity index (χ3v) is 3.86. The van der Waals surface area contributed by atoms with Gasteiger partial charge in [-0.15, -0.1) is 0 Å². The summed E-state index contributed by atoms with van der Waals surface area (Å²) in [6.45, 7) is 3.58. The summed E-state index contributed by atoms with van der Waals surface area (Å²) in [6, 6.07) is 15.4. The second-order valence-electron chi connectivity index (χ2n) is 5.37. The van der Waals surface area contributed by atoms with E-state index in [0.717, 1.165) is 24.2 Å². The minimum Gasteiger partial charge on any atom is -0.491 e. The van der Waals surface area contributed by atoms with Crippen molar-refractivity contribution in [1.29, 1.82) is 0 Å². The van der Waals surface area contributed by atoms with Crippen molar-refractivity contribution in [2.45, 2.75) is 19.8 Å². The number of ether oxygens (including phenoxy) is 1. The van der Waals surface area contributed by atoms with E-state index in [-0.39, 0.29) is 6.03 Å². The first kappa shape index (κ1) is 18.1. The van der Waals surface area contributed by atoms with E-state index < -0.39 is 0 Å². The molecule has 2 aromatic rings. The minimum atomic E-state index is -0.184. The van der Waals surface area contributed by atoms with Gasteiger partial charge >= 0.3 is 6.03 Å². The molecule has 0 unspecified atom stereocenters. The maximum absolute atomic E-state index is 11.7. The molecule has 0 bridgehead atoms. The first-order valence-corrected chi connectivity index (χ1v) is 8.53. The van der Waals surface area contributed by atoms with Gasteiger partial charge in [0.15, 0.2) is 0 Å². The molecular formula is C19H23ClN2O2.